The quantitative estimate of drug-likeness (QED) is 0.831. The minimum atomic E-state index is -1.02. The Morgan fingerprint density at radius 1 is 1.56 bits per heavy atom. The maximum Gasteiger partial charge on any atom is 0.372 e. The summed E-state index contributed by atoms with van der Waals surface area (Å²) in [5.41, 5.74) is 0.657. The molecule has 18 heavy (non-hydrogen) atoms. The van der Waals surface area contributed by atoms with Gasteiger partial charge in [-0.25, -0.2) is 4.79 Å². The van der Waals surface area contributed by atoms with E-state index in [-0.39, 0.29) is 11.9 Å². The van der Waals surface area contributed by atoms with Gasteiger partial charge in [-0.2, -0.15) is 0 Å². The van der Waals surface area contributed by atoms with Crippen molar-refractivity contribution in [3.8, 4) is 0 Å². The fourth-order valence-electron chi connectivity index (χ4n) is 2.46. The number of rotatable bonds is 5. The van der Waals surface area contributed by atoms with Crippen molar-refractivity contribution in [1.29, 1.82) is 0 Å². The topological polar surface area (TPSA) is 73.9 Å². The van der Waals surface area contributed by atoms with Crippen molar-refractivity contribution in [3.05, 3.63) is 23.2 Å². The van der Waals surface area contributed by atoms with Gasteiger partial charge in [-0.15, -0.1) is 0 Å². The number of aryl methyl sites for hydroxylation is 1. The molecule has 0 spiro atoms. The summed E-state index contributed by atoms with van der Waals surface area (Å²) in [4.78, 5) is 13.0. The molecule has 0 saturated heterocycles. The van der Waals surface area contributed by atoms with E-state index in [1.807, 2.05) is 7.05 Å². The first-order valence-electron chi connectivity index (χ1n) is 6.15. The second kappa shape index (κ2) is 5.12. The number of furan rings is 1. The molecule has 2 rings (SSSR count). The highest BCUT2D eigenvalue weighted by Crippen LogP contribution is 2.28. The first-order valence-corrected chi connectivity index (χ1v) is 6.15. The second-order valence-corrected chi connectivity index (χ2v) is 5.22. The van der Waals surface area contributed by atoms with Crippen LogP contribution in [0.3, 0.4) is 0 Å². The number of hydrogen-bond donors (Lipinski definition) is 2. The van der Waals surface area contributed by atoms with Gasteiger partial charge in [0.15, 0.2) is 0 Å². The normalized spacial score (nSPS) is 23.1. The van der Waals surface area contributed by atoms with Crippen molar-refractivity contribution in [2.24, 2.45) is 5.92 Å². The Bertz CT molecular complexity index is 434. The molecule has 1 aliphatic rings. The number of aliphatic hydroxyl groups excluding tert-OH is 1. The number of hydrogen-bond acceptors (Lipinski definition) is 4. The van der Waals surface area contributed by atoms with Gasteiger partial charge in [0.25, 0.3) is 0 Å². The van der Waals surface area contributed by atoms with Gasteiger partial charge in [-0.05, 0) is 38.8 Å². The summed E-state index contributed by atoms with van der Waals surface area (Å²) in [6, 6.07) is 1.77. The molecular formula is C13H19NO4. The predicted octanol–water partition coefficient (Wildman–Crippen LogP) is 1.49. The van der Waals surface area contributed by atoms with Gasteiger partial charge >= 0.3 is 5.97 Å². The molecule has 1 aliphatic carbocycles. The smallest absolute Gasteiger partial charge is 0.372 e. The van der Waals surface area contributed by atoms with Crippen LogP contribution in [0.1, 0.15) is 34.7 Å². The number of carbonyl (C=O) groups is 1. The molecule has 0 bridgehead atoms. The molecule has 1 heterocycles. The Labute approximate surface area is 106 Å². The lowest BCUT2D eigenvalue weighted by molar-refractivity contribution is 0.0264. The van der Waals surface area contributed by atoms with Crippen LogP contribution >= 0.6 is 0 Å². The molecule has 0 atom stereocenters. The standard InChI is InChI=1S/C13H19NO4/c1-8-3-11(18-12(8)13(16)17)7-14(2)6-9-4-10(15)5-9/h3,9-10,15H,4-7H2,1-2H3,(H,16,17). The first kappa shape index (κ1) is 13.1. The summed E-state index contributed by atoms with van der Waals surface area (Å²) in [6.07, 6.45) is 1.59. The number of nitrogens with zero attached hydrogens (tertiary/aromatic N) is 1. The molecule has 0 radical (unpaired) electrons. The Morgan fingerprint density at radius 2 is 2.22 bits per heavy atom. The molecule has 5 heteroatoms. The summed E-state index contributed by atoms with van der Waals surface area (Å²) in [5.74, 6) is 0.216. The molecular weight excluding hydrogens is 234 g/mol. The molecule has 1 aromatic rings. The molecule has 1 fully saturated rings. The van der Waals surface area contributed by atoms with Gasteiger partial charge in [-0.1, -0.05) is 0 Å². The van der Waals surface area contributed by atoms with E-state index in [1.165, 1.54) is 0 Å². The summed E-state index contributed by atoms with van der Waals surface area (Å²) in [5, 5.41) is 18.1. The van der Waals surface area contributed by atoms with Gasteiger partial charge in [0, 0.05) is 12.1 Å². The van der Waals surface area contributed by atoms with Gasteiger partial charge < -0.3 is 14.6 Å². The summed E-state index contributed by atoms with van der Waals surface area (Å²) in [6.45, 7) is 3.23. The van der Waals surface area contributed by atoms with Crippen molar-refractivity contribution in [3.63, 3.8) is 0 Å². The summed E-state index contributed by atoms with van der Waals surface area (Å²) in [7, 11) is 1.98. The SMILES string of the molecule is Cc1cc(CN(C)CC2CC(O)C2)oc1C(=O)O. The molecule has 2 N–H and O–H groups in total. The van der Waals surface area contributed by atoms with Crippen LogP contribution in [-0.2, 0) is 6.54 Å². The highest BCUT2D eigenvalue weighted by atomic mass is 16.4. The summed E-state index contributed by atoms with van der Waals surface area (Å²) >= 11 is 0. The van der Waals surface area contributed by atoms with Gasteiger partial charge in [-0.3, -0.25) is 4.90 Å². The van der Waals surface area contributed by atoms with Crippen molar-refractivity contribution >= 4 is 5.97 Å². The van der Waals surface area contributed by atoms with E-state index in [4.69, 9.17) is 9.52 Å². The average Bonchev–Trinajstić information content (AvgIpc) is 2.57. The molecule has 0 amide bonds. The number of carboxylic acid groups (broad SMARTS) is 1. The minimum Gasteiger partial charge on any atom is -0.475 e. The molecule has 0 aliphatic heterocycles. The zero-order chi connectivity index (χ0) is 13.3. The monoisotopic (exact) mass is 253 g/mol. The lowest BCUT2D eigenvalue weighted by atomic mass is 9.82. The van der Waals surface area contributed by atoms with E-state index in [1.54, 1.807) is 13.0 Å². The molecule has 1 saturated carbocycles. The fourth-order valence-corrected chi connectivity index (χ4v) is 2.46. The van der Waals surface area contributed by atoms with Crippen LogP contribution in [0.4, 0.5) is 0 Å². The van der Waals surface area contributed by atoms with E-state index >= 15 is 0 Å². The van der Waals surface area contributed by atoms with E-state index in [0.717, 1.165) is 19.4 Å². The van der Waals surface area contributed by atoms with Crippen molar-refractivity contribution < 1.29 is 19.4 Å². The van der Waals surface area contributed by atoms with Crippen LogP contribution in [0.25, 0.3) is 0 Å². The lowest BCUT2D eigenvalue weighted by Gasteiger charge is -2.34. The first-order chi connectivity index (χ1) is 8.45. The number of aliphatic hydroxyl groups is 1. The lowest BCUT2D eigenvalue weighted by Crippen LogP contribution is -2.36. The Kier molecular flexibility index (Phi) is 3.73. The highest BCUT2D eigenvalue weighted by molar-refractivity contribution is 5.86. The minimum absolute atomic E-state index is 0.0254. The molecule has 5 nitrogen and oxygen atoms in total. The van der Waals surface area contributed by atoms with Crippen LogP contribution < -0.4 is 0 Å². The van der Waals surface area contributed by atoms with Gasteiger partial charge in [0.05, 0.1) is 12.6 Å². The van der Waals surface area contributed by atoms with E-state index in [9.17, 15) is 9.90 Å². The molecule has 0 aromatic carbocycles. The average molecular weight is 253 g/mol. The molecule has 0 unspecified atom stereocenters. The van der Waals surface area contributed by atoms with Crippen LogP contribution in [0.15, 0.2) is 10.5 Å². The third-order valence-electron chi connectivity index (χ3n) is 3.37. The third kappa shape index (κ3) is 2.91. The third-order valence-corrected chi connectivity index (χ3v) is 3.37. The van der Waals surface area contributed by atoms with Gasteiger partial charge in [0.1, 0.15) is 5.76 Å². The second-order valence-electron chi connectivity index (χ2n) is 5.22. The van der Waals surface area contributed by atoms with Crippen LogP contribution in [0, 0.1) is 12.8 Å². The summed E-state index contributed by atoms with van der Waals surface area (Å²) < 4.78 is 5.31. The molecule has 100 valence electrons. The maximum absolute atomic E-state index is 10.9. The van der Waals surface area contributed by atoms with Crippen LogP contribution in [0.2, 0.25) is 0 Å². The fraction of sp³-hybridized carbons (Fsp3) is 0.615. The van der Waals surface area contributed by atoms with Crippen LogP contribution in [-0.4, -0.2) is 40.8 Å². The van der Waals surface area contributed by atoms with Gasteiger partial charge in [0.2, 0.25) is 5.76 Å². The van der Waals surface area contributed by atoms with Crippen molar-refractivity contribution in [2.75, 3.05) is 13.6 Å². The largest absolute Gasteiger partial charge is 0.475 e. The Hall–Kier alpha value is -1.33. The number of aromatic carboxylic acids is 1. The Morgan fingerprint density at radius 3 is 2.72 bits per heavy atom. The van der Waals surface area contributed by atoms with E-state index < -0.39 is 5.97 Å². The van der Waals surface area contributed by atoms with Crippen LogP contribution in [0.5, 0.6) is 0 Å². The van der Waals surface area contributed by atoms with Crippen molar-refractivity contribution in [2.45, 2.75) is 32.4 Å². The van der Waals surface area contributed by atoms with E-state index in [0.29, 0.717) is 23.8 Å². The predicted molar refractivity (Wildman–Crippen MR) is 65.5 cm³/mol. The maximum atomic E-state index is 10.9. The zero-order valence-corrected chi connectivity index (χ0v) is 10.7. The zero-order valence-electron chi connectivity index (χ0n) is 10.7. The highest BCUT2D eigenvalue weighted by Gasteiger charge is 2.28. The van der Waals surface area contributed by atoms with Crippen molar-refractivity contribution in [1.82, 2.24) is 4.90 Å². The Balaban J connectivity index is 1.88. The number of carboxylic acids is 1. The van der Waals surface area contributed by atoms with E-state index in [2.05, 4.69) is 4.90 Å². The molecule has 1 aromatic heterocycles.